The molecule has 1 heterocycles. The molecule has 0 spiro atoms. The molecule has 1 rings (SSSR count). The highest BCUT2D eigenvalue weighted by Gasteiger charge is 2.17. The largest absolute Gasteiger partial charge is 0.451 e. The summed E-state index contributed by atoms with van der Waals surface area (Å²) in [7, 11) is 0. The maximum absolute atomic E-state index is 11.7. The second kappa shape index (κ2) is 8.21. The van der Waals surface area contributed by atoms with E-state index in [0.717, 1.165) is 0 Å². The van der Waals surface area contributed by atoms with Crippen molar-refractivity contribution in [2.75, 3.05) is 13.1 Å². The minimum Gasteiger partial charge on any atom is -0.451 e. The summed E-state index contributed by atoms with van der Waals surface area (Å²) in [4.78, 5) is 38.4. The number of esters is 1. The van der Waals surface area contributed by atoms with Crippen molar-refractivity contribution >= 4 is 29.4 Å². The second-order valence-corrected chi connectivity index (χ2v) is 4.51. The molecule has 0 fully saturated rings. The summed E-state index contributed by atoms with van der Waals surface area (Å²) in [6.45, 7) is 3.28. The number of carbonyl (C=O) groups excluding carboxylic acids is 3. The third kappa shape index (κ3) is 5.78. The van der Waals surface area contributed by atoms with Crippen molar-refractivity contribution in [1.29, 1.82) is 0 Å². The fraction of sp³-hybridized carbons (Fsp3) is 0.385. The number of halogens is 1. The van der Waals surface area contributed by atoms with Gasteiger partial charge >= 0.3 is 5.97 Å². The Morgan fingerprint density at radius 2 is 2.10 bits per heavy atom. The van der Waals surface area contributed by atoms with Crippen LogP contribution in [0.25, 0.3) is 0 Å². The van der Waals surface area contributed by atoms with Gasteiger partial charge in [0, 0.05) is 17.8 Å². The minimum atomic E-state index is -0.918. The summed E-state index contributed by atoms with van der Waals surface area (Å²) in [6.07, 6.45) is 0.464. The first-order valence-corrected chi connectivity index (χ1v) is 6.68. The molecule has 0 saturated heterocycles. The Bertz CT molecular complexity index is 536. The summed E-state index contributed by atoms with van der Waals surface area (Å²) in [6, 6.07) is 2.90. The average Bonchev–Trinajstić information content (AvgIpc) is 2.45. The number of carbonyl (C=O) groups is 3. The van der Waals surface area contributed by atoms with Gasteiger partial charge in [0.1, 0.15) is 12.2 Å². The molecule has 0 aliphatic carbocycles. The molecule has 0 aromatic carbocycles. The average molecular weight is 314 g/mol. The third-order valence-electron chi connectivity index (χ3n) is 2.38. The van der Waals surface area contributed by atoms with E-state index in [1.807, 2.05) is 0 Å². The highest BCUT2D eigenvalue weighted by Crippen LogP contribution is 2.07. The summed E-state index contributed by atoms with van der Waals surface area (Å²) < 4.78 is 4.86. The van der Waals surface area contributed by atoms with Gasteiger partial charge in [0.2, 0.25) is 0 Å². The SMILES string of the molecule is CCNC(=O)[C@H](C)OC(=O)CNC(=O)c1cc(Cl)ccn1. The number of ether oxygens (including phenoxy) is 1. The molecule has 0 aliphatic rings. The zero-order valence-corrected chi connectivity index (χ0v) is 12.4. The predicted molar refractivity (Wildman–Crippen MR) is 75.8 cm³/mol. The minimum absolute atomic E-state index is 0.0899. The first-order valence-electron chi connectivity index (χ1n) is 6.31. The second-order valence-electron chi connectivity index (χ2n) is 4.07. The standard InChI is InChI=1S/C13H16ClN3O4/c1-3-15-12(19)8(2)21-11(18)7-17-13(20)10-6-9(14)4-5-16-10/h4-6,8H,3,7H2,1-2H3,(H,15,19)(H,17,20)/t8-/m0/s1. The molecular weight excluding hydrogens is 298 g/mol. The van der Waals surface area contributed by atoms with Crippen LogP contribution < -0.4 is 10.6 Å². The van der Waals surface area contributed by atoms with Gasteiger partial charge in [-0.25, -0.2) is 0 Å². The number of hydrogen-bond acceptors (Lipinski definition) is 5. The number of nitrogens with zero attached hydrogens (tertiary/aromatic N) is 1. The van der Waals surface area contributed by atoms with E-state index in [-0.39, 0.29) is 12.2 Å². The summed E-state index contributed by atoms with van der Waals surface area (Å²) >= 11 is 5.73. The van der Waals surface area contributed by atoms with Crippen molar-refractivity contribution < 1.29 is 19.1 Å². The van der Waals surface area contributed by atoms with E-state index in [1.54, 1.807) is 6.92 Å². The molecule has 0 aliphatic heterocycles. The van der Waals surface area contributed by atoms with E-state index < -0.39 is 23.9 Å². The van der Waals surface area contributed by atoms with Gasteiger partial charge in [-0.2, -0.15) is 0 Å². The molecule has 114 valence electrons. The van der Waals surface area contributed by atoms with Crippen LogP contribution in [0.3, 0.4) is 0 Å². The van der Waals surface area contributed by atoms with Gasteiger partial charge in [-0.1, -0.05) is 11.6 Å². The number of rotatable bonds is 6. The van der Waals surface area contributed by atoms with Crippen LogP contribution in [0.2, 0.25) is 5.02 Å². The van der Waals surface area contributed by atoms with Crippen molar-refractivity contribution in [3.8, 4) is 0 Å². The summed E-state index contributed by atoms with van der Waals surface area (Å²) in [5, 5.41) is 5.22. The molecule has 8 heteroatoms. The lowest BCUT2D eigenvalue weighted by atomic mass is 10.3. The molecule has 2 amide bonds. The van der Waals surface area contributed by atoms with E-state index in [2.05, 4.69) is 15.6 Å². The monoisotopic (exact) mass is 313 g/mol. The van der Waals surface area contributed by atoms with Crippen LogP contribution in [-0.4, -0.2) is 42.0 Å². The smallest absolute Gasteiger partial charge is 0.326 e. The van der Waals surface area contributed by atoms with Crippen molar-refractivity contribution in [2.24, 2.45) is 0 Å². The third-order valence-corrected chi connectivity index (χ3v) is 2.61. The maximum Gasteiger partial charge on any atom is 0.326 e. The molecule has 0 bridgehead atoms. The van der Waals surface area contributed by atoms with Crippen LogP contribution in [0.4, 0.5) is 0 Å². The molecule has 7 nitrogen and oxygen atoms in total. The molecule has 0 unspecified atom stereocenters. The fourth-order valence-electron chi connectivity index (χ4n) is 1.38. The molecule has 1 aromatic rings. The molecule has 0 radical (unpaired) electrons. The lowest BCUT2D eigenvalue weighted by Gasteiger charge is -2.12. The normalized spacial score (nSPS) is 11.4. The van der Waals surface area contributed by atoms with Gasteiger partial charge < -0.3 is 15.4 Å². The van der Waals surface area contributed by atoms with E-state index in [4.69, 9.17) is 16.3 Å². The fourth-order valence-corrected chi connectivity index (χ4v) is 1.54. The zero-order valence-electron chi connectivity index (χ0n) is 11.7. The molecule has 1 aromatic heterocycles. The van der Waals surface area contributed by atoms with Crippen molar-refractivity contribution in [3.05, 3.63) is 29.0 Å². The van der Waals surface area contributed by atoms with E-state index >= 15 is 0 Å². The van der Waals surface area contributed by atoms with E-state index in [9.17, 15) is 14.4 Å². The van der Waals surface area contributed by atoms with Gasteiger partial charge in [0.15, 0.2) is 6.10 Å². The number of likely N-dealkylation sites (N-methyl/N-ethyl adjacent to an activating group) is 1. The Balaban J connectivity index is 2.42. The highest BCUT2D eigenvalue weighted by molar-refractivity contribution is 6.30. The quantitative estimate of drug-likeness (QED) is 0.747. The highest BCUT2D eigenvalue weighted by atomic mass is 35.5. The lowest BCUT2D eigenvalue weighted by Crippen LogP contribution is -2.38. The van der Waals surface area contributed by atoms with Gasteiger partial charge in [-0.3, -0.25) is 19.4 Å². The van der Waals surface area contributed by atoms with E-state index in [0.29, 0.717) is 11.6 Å². The van der Waals surface area contributed by atoms with Crippen molar-refractivity contribution in [2.45, 2.75) is 20.0 Å². The summed E-state index contributed by atoms with van der Waals surface area (Å²) in [5.74, 6) is -1.67. The number of nitrogens with one attached hydrogen (secondary N) is 2. The lowest BCUT2D eigenvalue weighted by molar-refractivity contribution is -0.153. The zero-order chi connectivity index (χ0) is 15.8. The first-order chi connectivity index (χ1) is 9.93. The Labute approximate surface area is 127 Å². The van der Waals surface area contributed by atoms with Gasteiger partial charge in [0.25, 0.3) is 11.8 Å². The maximum atomic E-state index is 11.7. The van der Waals surface area contributed by atoms with Crippen molar-refractivity contribution in [1.82, 2.24) is 15.6 Å². The molecule has 21 heavy (non-hydrogen) atoms. The summed E-state index contributed by atoms with van der Waals surface area (Å²) in [5.41, 5.74) is 0.0899. The Morgan fingerprint density at radius 1 is 1.38 bits per heavy atom. The van der Waals surface area contributed by atoms with Crippen LogP contribution in [0.15, 0.2) is 18.3 Å². The first kappa shape index (κ1) is 16.9. The number of aromatic nitrogens is 1. The van der Waals surface area contributed by atoms with Crippen LogP contribution in [-0.2, 0) is 14.3 Å². The molecule has 1 atom stereocenters. The Hall–Kier alpha value is -2.15. The number of hydrogen-bond donors (Lipinski definition) is 2. The van der Waals surface area contributed by atoms with E-state index in [1.165, 1.54) is 25.3 Å². The predicted octanol–water partition coefficient (Wildman–Crippen LogP) is 0.533. The Morgan fingerprint density at radius 3 is 2.71 bits per heavy atom. The van der Waals surface area contributed by atoms with Gasteiger partial charge in [0.05, 0.1) is 0 Å². The van der Waals surface area contributed by atoms with Crippen LogP contribution >= 0.6 is 11.6 Å². The molecule has 2 N–H and O–H groups in total. The number of amides is 2. The number of pyridine rings is 1. The molecular formula is C13H16ClN3O4. The van der Waals surface area contributed by atoms with Gasteiger partial charge in [-0.15, -0.1) is 0 Å². The molecule has 0 saturated carbocycles. The topological polar surface area (TPSA) is 97.4 Å². The van der Waals surface area contributed by atoms with Crippen molar-refractivity contribution in [3.63, 3.8) is 0 Å². The Kier molecular flexibility index (Phi) is 6.61. The van der Waals surface area contributed by atoms with Crippen LogP contribution in [0, 0.1) is 0 Å². The van der Waals surface area contributed by atoms with Gasteiger partial charge in [-0.05, 0) is 26.0 Å². The van der Waals surface area contributed by atoms with Crippen LogP contribution in [0.5, 0.6) is 0 Å². The van der Waals surface area contributed by atoms with Crippen LogP contribution in [0.1, 0.15) is 24.3 Å².